The Hall–Kier alpha value is -0.510. The van der Waals surface area contributed by atoms with Crippen LogP contribution in [0.5, 0.6) is 0 Å². The summed E-state index contributed by atoms with van der Waals surface area (Å²) in [5.41, 5.74) is 0. The SMILES string of the molecule is Cl.OC1CCCN(c2ccc(Cl)cn2)C1. The van der Waals surface area contributed by atoms with Crippen molar-refractivity contribution in [1.82, 2.24) is 4.98 Å². The van der Waals surface area contributed by atoms with E-state index in [-0.39, 0.29) is 18.5 Å². The molecule has 0 amide bonds. The van der Waals surface area contributed by atoms with E-state index in [1.54, 1.807) is 6.20 Å². The summed E-state index contributed by atoms with van der Waals surface area (Å²) in [6.07, 6.45) is 3.33. The molecular weight excluding hydrogens is 235 g/mol. The Morgan fingerprint density at radius 1 is 1.47 bits per heavy atom. The molecule has 0 radical (unpaired) electrons. The van der Waals surface area contributed by atoms with Gasteiger partial charge < -0.3 is 10.0 Å². The molecule has 0 saturated carbocycles. The topological polar surface area (TPSA) is 36.4 Å². The van der Waals surface area contributed by atoms with Gasteiger partial charge in [-0.2, -0.15) is 0 Å². The van der Waals surface area contributed by atoms with E-state index in [9.17, 15) is 5.11 Å². The predicted molar refractivity (Wildman–Crippen MR) is 63.9 cm³/mol. The molecule has 1 atom stereocenters. The maximum Gasteiger partial charge on any atom is 0.128 e. The number of β-amino-alcohol motifs (C(OH)–C–C–N with tert-alkyl or cyclic N) is 1. The Balaban J connectivity index is 0.00000112. The first-order valence-corrected chi connectivity index (χ1v) is 5.18. The third-order valence-electron chi connectivity index (χ3n) is 2.43. The standard InChI is InChI=1S/C10H13ClN2O.ClH/c11-8-3-4-10(12-6-8)13-5-1-2-9(14)7-13;/h3-4,6,9,14H,1-2,5,7H2;1H. The Morgan fingerprint density at radius 2 is 2.27 bits per heavy atom. The van der Waals surface area contributed by atoms with Crippen LogP contribution in [-0.4, -0.2) is 29.3 Å². The number of rotatable bonds is 1. The van der Waals surface area contributed by atoms with Crippen LogP contribution in [0, 0.1) is 0 Å². The number of aromatic nitrogens is 1. The number of aliphatic hydroxyl groups excluding tert-OH is 1. The number of pyridine rings is 1. The molecule has 0 aromatic carbocycles. The van der Waals surface area contributed by atoms with Crippen molar-refractivity contribution in [2.45, 2.75) is 18.9 Å². The van der Waals surface area contributed by atoms with Crippen molar-refractivity contribution in [3.63, 3.8) is 0 Å². The molecule has 2 heterocycles. The molecule has 1 aliphatic heterocycles. The summed E-state index contributed by atoms with van der Waals surface area (Å²) in [6.45, 7) is 1.64. The van der Waals surface area contributed by atoms with Crippen LogP contribution in [0.4, 0.5) is 5.82 Å². The molecule has 1 fully saturated rings. The maximum absolute atomic E-state index is 9.50. The molecule has 1 N–H and O–H groups in total. The second-order valence-corrected chi connectivity index (χ2v) is 4.01. The quantitative estimate of drug-likeness (QED) is 0.828. The zero-order chi connectivity index (χ0) is 9.97. The molecule has 84 valence electrons. The van der Waals surface area contributed by atoms with E-state index >= 15 is 0 Å². The summed E-state index contributed by atoms with van der Waals surface area (Å²) < 4.78 is 0. The van der Waals surface area contributed by atoms with Crippen LogP contribution >= 0.6 is 24.0 Å². The van der Waals surface area contributed by atoms with E-state index in [2.05, 4.69) is 9.88 Å². The zero-order valence-electron chi connectivity index (χ0n) is 8.27. The highest BCUT2D eigenvalue weighted by Gasteiger charge is 2.18. The van der Waals surface area contributed by atoms with Gasteiger partial charge in [-0.1, -0.05) is 11.6 Å². The van der Waals surface area contributed by atoms with Gasteiger partial charge in [0, 0.05) is 19.3 Å². The van der Waals surface area contributed by atoms with Crippen LogP contribution in [0.1, 0.15) is 12.8 Å². The fourth-order valence-corrected chi connectivity index (χ4v) is 1.83. The molecule has 15 heavy (non-hydrogen) atoms. The first-order valence-electron chi connectivity index (χ1n) is 4.80. The van der Waals surface area contributed by atoms with Crippen molar-refractivity contribution in [2.75, 3.05) is 18.0 Å². The molecule has 2 rings (SSSR count). The minimum absolute atomic E-state index is 0. The summed E-state index contributed by atoms with van der Waals surface area (Å²) in [4.78, 5) is 6.31. The highest BCUT2D eigenvalue weighted by atomic mass is 35.5. The zero-order valence-corrected chi connectivity index (χ0v) is 9.84. The average Bonchev–Trinajstić information content (AvgIpc) is 2.19. The van der Waals surface area contributed by atoms with Gasteiger partial charge in [0.15, 0.2) is 0 Å². The maximum atomic E-state index is 9.50. The van der Waals surface area contributed by atoms with Crippen LogP contribution in [0.15, 0.2) is 18.3 Å². The average molecular weight is 249 g/mol. The molecule has 1 aromatic heterocycles. The molecule has 0 spiro atoms. The first kappa shape index (κ1) is 12.6. The van der Waals surface area contributed by atoms with E-state index in [4.69, 9.17) is 11.6 Å². The smallest absolute Gasteiger partial charge is 0.128 e. The van der Waals surface area contributed by atoms with Gasteiger partial charge in [0.25, 0.3) is 0 Å². The third-order valence-corrected chi connectivity index (χ3v) is 2.66. The van der Waals surface area contributed by atoms with E-state index in [0.717, 1.165) is 25.2 Å². The lowest BCUT2D eigenvalue weighted by Crippen LogP contribution is -2.38. The summed E-state index contributed by atoms with van der Waals surface area (Å²) in [5.74, 6) is 0.896. The molecule has 1 saturated heterocycles. The third kappa shape index (κ3) is 3.23. The monoisotopic (exact) mass is 248 g/mol. The number of hydrogen-bond donors (Lipinski definition) is 1. The lowest BCUT2D eigenvalue weighted by Gasteiger charge is -2.30. The molecule has 0 aliphatic carbocycles. The van der Waals surface area contributed by atoms with Crippen LogP contribution in [-0.2, 0) is 0 Å². The molecule has 5 heteroatoms. The molecule has 1 aromatic rings. The van der Waals surface area contributed by atoms with Crippen molar-refractivity contribution in [3.8, 4) is 0 Å². The summed E-state index contributed by atoms with van der Waals surface area (Å²) in [7, 11) is 0. The van der Waals surface area contributed by atoms with Gasteiger partial charge in [0.2, 0.25) is 0 Å². The minimum atomic E-state index is -0.221. The van der Waals surface area contributed by atoms with Gasteiger partial charge >= 0.3 is 0 Å². The molecular formula is C10H14Cl2N2O. The van der Waals surface area contributed by atoms with Crippen molar-refractivity contribution in [2.24, 2.45) is 0 Å². The van der Waals surface area contributed by atoms with Gasteiger partial charge in [-0.3, -0.25) is 0 Å². The lowest BCUT2D eigenvalue weighted by atomic mass is 10.1. The van der Waals surface area contributed by atoms with Crippen LogP contribution in [0.3, 0.4) is 0 Å². The van der Waals surface area contributed by atoms with Gasteiger partial charge in [-0.25, -0.2) is 4.98 Å². The molecule has 0 bridgehead atoms. The fourth-order valence-electron chi connectivity index (χ4n) is 1.72. The number of halogens is 2. The predicted octanol–water partition coefficient (Wildman–Crippen LogP) is 2.12. The van der Waals surface area contributed by atoms with E-state index in [1.807, 2.05) is 12.1 Å². The Kier molecular flexibility index (Phi) is 4.64. The van der Waals surface area contributed by atoms with E-state index < -0.39 is 0 Å². The number of hydrogen-bond acceptors (Lipinski definition) is 3. The number of nitrogens with zero attached hydrogens (tertiary/aromatic N) is 2. The van der Waals surface area contributed by atoms with Crippen LogP contribution in [0.2, 0.25) is 5.02 Å². The molecule has 3 nitrogen and oxygen atoms in total. The van der Waals surface area contributed by atoms with Crippen molar-refractivity contribution in [3.05, 3.63) is 23.4 Å². The summed E-state index contributed by atoms with van der Waals surface area (Å²) in [5, 5.41) is 10.1. The summed E-state index contributed by atoms with van der Waals surface area (Å²) >= 11 is 5.75. The Bertz CT molecular complexity index is 305. The first-order chi connectivity index (χ1) is 6.75. The highest BCUT2D eigenvalue weighted by Crippen LogP contribution is 2.18. The molecule has 1 unspecified atom stereocenters. The minimum Gasteiger partial charge on any atom is -0.391 e. The van der Waals surface area contributed by atoms with Crippen molar-refractivity contribution >= 4 is 29.8 Å². The van der Waals surface area contributed by atoms with Gasteiger partial charge in [-0.15, -0.1) is 12.4 Å². The van der Waals surface area contributed by atoms with Crippen molar-refractivity contribution in [1.29, 1.82) is 0 Å². The number of aliphatic hydroxyl groups is 1. The van der Waals surface area contributed by atoms with Gasteiger partial charge in [0.05, 0.1) is 11.1 Å². The highest BCUT2D eigenvalue weighted by molar-refractivity contribution is 6.30. The second kappa shape index (κ2) is 5.54. The normalized spacial score (nSPS) is 20.9. The lowest BCUT2D eigenvalue weighted by molar-refractivity contribution is 0.154. The number of piperidine rings is 1. The number of anilines is 1. The fraction of sp³-hybridized carbons (Fsp3) is 0.500. The van der Waals surface area contributed by atoms with E-state index in [0.29, 0.717) is 11.6 Å². The van der Waals surface area contributed by atoms with Crippen LogP contribution < -0.4 is 4.90 Å². The Labute approximate surface area is 100 Å². The Morgan fingerprint density at radius 3 is 2.87 bits per heavy atom. The molecule has 1 aliphatic rings. The largest absolute Gasteiger partial charge is 0.391 e. The van der Waals surface area contributed by atoms with Gasteiger partial charge in [0.1, 0.15) is 5.82 Å². The van der Waals surface area contributed by atoms with Gasteiger partial charge in [-0.05, 0) is 25.0 Å². The van der Waals surface area contributed by atoms with Crippen molar-refractivity contribution < 1.29 is 5.11 Å². The van der Waals surface area contributed by atoms with E-state index in [1.165, 1.54) is 0 Å². The second-order valence-electron chi connectivity index (χ2n) is 3.58. The van der Waals surface area contributed by atoms with Crippen LogP contribution in [0.25, 0.3) is 0 Å². The summed E-state index contributed by atoms with van der Waals surface area (Å²) in [6, 6.07) is 3.71.